The molecule has 2 heteroatoms. The maximum Gasteiger partial charge on any atom is 0.120 e. The van der Waals surface area contributed by atoms with Crippen molar-refractivity contribution in [2.24, 2.45) is 5.92 Å². The Labute approximate surface area is 117 Å². The van der Waals surface area contributed by atoms with Gasteiger partial charge in [-0.2, -0.15) is 0 Å². The Morgan fingerprint density at radius 2 is 2.11 bits per heavy atom. The molecule has 1 aromatic rings. The quantitative estimate of drug-likeness (QED) is 0.752. The molecule has 1 aliphatic rings. The van der Waals surface area contributed by atoms with Crippen LogP contribution >= 0.6 is 0 Å². The third-order valence-corrected chi connectivity index (χ3v) is 3.64. The van der Waals surface area contributed by atoms with Gasteiger partial charge in [0.2, 0.25) is 0 Å². The minimum absolute atomic E-state index is 0.235. The maximum absolute atomic E-state index is 5.79. The molecule has 1 aromatic carbocycles. The van der Waals surface area contributed by atoms with E-state index in [1.54, 1.807) is 0 Å². The second kappa shape index (κ2) is 6.95. The highest BCUT2D eigenvalue weighted by Crippen LogP contribution is 2.36. The predicted octanol–water partition coefficient (Wildman–Crippen LogP) is 4.31. The molecule has 19 heavy (non-hydrogen) atoms. The molecule has 1 atom stereocenters. The third kappa shape index (κ3) is 4.87. The third-order valence-electron chi connectivity index (χ3n) is 3.64. The van der Waals surface area contributed by atoms with Crippen molar-refractivity contribution in [3.05, 3.63) is 29.8 Å². The van der Waals surface area contributed by atoms with Crippen molar-refractivity contribution in [1.29, 1.82) is 0 Å². The highest BCUT2D eigenvalue weighted by atomic mass is 16.5. The standard InChI is InChI=1S/C17H27NO/c1-4-18-17(11-10-14-8-9-14)15-6-5-7-16(12-15)19-13(2)3/h5-7,12-14,17-18H,4,8-11H2,1-3H3. The summed E-state index contributed by atoms with van der Waals surface area (Å²) in [5.74, 6) is 1.98. The smallest absolute Gasteiger partial charge is 0.120 e. The lowest BCUT2D eigenvalue weighted by atomic mass is 10.00. The molecule has 1 aliphatic carbocycles. The first kappa shape index (κ1) is 14.4. The normalized spacial score (nSPS) is 16.6. The van der Waals surface area contributed by atoms with E-state index in [0.717, 1.165) is 18.2 Å². The SMILES string of the molecule is CCNC(CCC1CC1)c1cccc(OC(C)C)c1. The van der Waals surface area contributed by atoms with Gasteiger partial charge in [-0.1, -0.05) is 31.9 Å². The minimum Gasteiger partial charge on any atom is -0.491 e. The molecule has 2 nitrogen and oxygen atoms in total. The van der Waals surface area contributed by atoms with Gasteiger partial charge in [0.15, 0.2) is 0 Å². The van der Waals surface area contributed by atoms with Crippen LogP contribution in [0, 0.1) is 5.92 Å². The van der Waals surface area contributed by atoms with Gasteiger partial charge in [-0.05, 0) is 56.8 Å². The lowest BCUT2D eigenvalue weighted by Crippen LogP contribution is -2.21. The Hall–Kier alpha value is -1.02. The van der Waals surface area contributed by atoms with Gasteiger partial charge in [-0.25, -0.2) is 0 Å². The van der Waals surface area contributed by atoms with Gasteiger partial charge in [0.25, 0.3) is 0 Å². The molecule has 106 valence electrons. The van der Waals surface area contributed by atoms with Gasteiger partial charge >= 0.3 is 0 Å². The zero-order valence-corrected chi connectivity index (χ0v) is 12.5. The lowest BCUT2D eigenvalue weighted by Gasteiger charge is -2.19. The Morgan fingerprint density at radius 1 is 1.32 bits per heavy atom. The molecule has 0 aliphatic heterocycles. The van der Waals surface area contributed by atoms with Gasteiger partial charge in [-0.15, -0.1) is 0 Å². The van der Waals surface area contributed by atoms with Crippen molar-refractivity contribution in [3.8, 4) is 5.75 Å². The van der Waals surface area contributed by atoms with Crippen LogP contribution in [-0.2, 0) is 0 Å². The summed E-state index contributed by atoms with van der Waals surface area (Å²) in [4.78, 5) is 0. The van der Waals surface area contributed by atoms with E-state index in [2.05, 4.69) is 44.3 Å². The van der Waals surface area contributed by atoms with Crippen LogP contribution in [0.25, 0.3) is 0 Å². The van der Waals surface area contributed by atoms with E-state index in [9.17, 15) is 0 Å². The highest BCUT2D eigenvalue weighted by Gasteiger charge is 2.23. The molecular formula is C17H27NO. The first-order chi connectivity index (χ1) is 9.19. The van der Waals surface area contributed by atoms with E-state index in [4.69, 9.17) is 4.74 Å². The summed E-state index contributed by atoms with van der Waals surface area (Å²) < 4.78 is 5.79. The fourth-order valence-electron chi connectivity index (χ4n) is 2.52. The second-order valence-corrected chi connectivity index (χ2v) is 5.87. The molecule has 1 unspecified atom stereocenters. The Balaban J connectivity index is 2.01. The lowest BCUT2D eigenvalue weighted by molar-refractivity contribution is 0.242. The van der Waals surface area contributed by atoms with Crippen LogP contribution in [0.2, 0.25) is 0 Å². The van der Waals surface area contributed by atoms with E-state index in [1.165, 1.54) is 31.2 Å². The van der Waals surface area contributed by atoms with Crippen LogP contribution in [0.1, 0.15) is 58.1 Å². The molecule has 1 N–H and O–H groups in total. The van der Waals surface area contributed by atoms with Crippen molar-refractivity contribution in [1.82, 2.24) is 5.32 Å². The molecule has 1 saturated carbocycles. The summed E-state index contributed by atoms with van der Waals surface area (Å²) >= 11 is 0. The fourth-order valence-corrected chi connectivity index (χ4v) is 2.52. The van der Waals surface area contributed by atoms with E-state index in [-0.39, 0.29) is 6.10 Å². The summed E-state index contributed by atoms with van der Waals surface area (Å²) in [5.41, 5.74) is 1.36. The van der Waals surface area contributed by atoms with Crippen LogP contribution in [0.5, 0.6) is 5.75 Å². The van der Waals surface area contributed by atoms with Crippen molar-refractivity contribution >= 4 is 0 Å². The topological polar surface area (TPSA) is 21.3 Å². The van der Waals surface area contributed by atoms with E-state index < -0.39 is 0 Å². The van der Waals surface area contributed by atoms with Crippen molar-refractivity contribution in [2.75, 3.05) is 6.54 Å². The minimum atomic E-state index is 0.235. The molecule has 0 heterocycles. The predicted molar refractivity (Wildman–Crippen MR) is 80.6 cm³/mol. The molecule has 0 saturated heterocycles. The molecule has 0 spiro atoms. The maximum atomic E-state index is 5.79. The summed E-state index contributed by atoms with van der Waals surface area (Å²) in [6.07, 6.45) is 5.71. The number of hydrogen-bond donors (Lipinski definition) is 1. The first-order valence-electron chi connectivity index (χ1n) is 7.69. The van der Waals surface area contributed by atoms with E-state index >= 15 is 0 Å². The zero-order chi connectivity index (χ0) is 13.7. The van der Waals surface area contributed by atoms with Crippen molar-refractivity contribution in [2.45, 2.75) is 58.6 Å². The van der Waals surface area contributed by atoms with Gasteiger partial charge in [0.05, 0.1) is 6.10 Å². The molecule has 2 rings (SSSR count). The van der Waals surface area contributed by atoms with Crippen LogP contribution < -0.4 is 10.1 Å². The zero-order valence-electron chi connectivity index (χ0n) is 12.5. The average molecular weight is 261 g/mol. The largest absolute Gasteiger partial charge is 0.491 e. The van der Waals surface area contributed by atoms with Crippen molar-refractivity contribution < 1.29 is 4.74 Å². The first-order valence-corrected chi connectivity index (χ1v) is 7.69. The van der Waals surface area contributed by atoms with Crippen LogP contribution in [-0.4, -0.2) is 12.6 Å². The number of ether oxygens (including phenoxy) is 1. The number of nitrogens with one attached hydrogen (secondary N) is 1. The average Bonchev–Trinajstić information content (AvgIpc) is 3.18. The Morgan fingerprint density at radius 3 is 2.74 bits per heavy atom. The molecule has 0 bridgehead atoms. The molecule has 0 amide bonds. The molecule has 1 fully saturated rings. The highest BCUT2D eigenvalue weighted by molar-refractivity contribution is 5.30. The number of rotatable bonds is 8. The van der Waals surface area contributed by atoms with Gasteiger partial charge in [0, 0.05) is 6.04 Å². The van der Waals surface area contributed by atoms with E-state index in [0.29, 0.717) is 6.04 Å². The molecular weight excluding hydrogens is 234 g/mol. The summed E-state index contributed by atoms with van der Waals surface area (Å²) in [6.45, 7) is 7.34. The number of benzene rings is 1. The van der Waals surface area contributed by atoms with Crippen LogP contribution in [0.3, 0.4) is 0 Å². The van der Waals surface area contributed by atoms with Crippen LogP contribution in [0.4, 0.5) is 0 Å². The summed E-state index contributed by atoms with van der Waals surface area (Å²) in [7, 11) is 0. The number of hydrogen-bond acceptors (Lipinski definition) is 2. The van der Waals surface area contributed by atoms with Crippen LogP contribution in [0.15, 0.2) is 24.3 Å². The Bertz CT molecular complexity index is 385. The summed E-state index contributed by atoms with van der Waals surface area (Å²) in [5, 5.41) is 3.61. The second-order valence-electron chi connectivity index (χ2n) is 5.87. The monoisotopic (exact) mass is 261 g/mol. The van der Waals surface area contributed by atoms with E-state index in [1.807, 2.05) is 6.07 Å². The van der Waals surface area contributed by atoms with Gasteiger partial charge in [0.1, 0.15) is 5.75 Å². The fraction of sp³-hybridized carbons (Fsp3) is 0.647. The summed E-state index contributed by atoms with van der Waals surface area (Å²) in [6, 6.07) is 9.04. The van der Waals surface area contributed by atoms with Crippen molar-refractivity contribution in [3.63, 3.8) is 0 Å². The molecule has 0 aromatic heterocycles. The molecule has 0 radical (unpaired) electrons. The van der Waals surface area contributed by atoms with Gasteiger partial charge in [-0.3, -0.25) is 0 Å². The Kier molecular flexibility index (Phi) is 5.26. The van der Waals surface area contributed by atoms with Gasteiger partial charge < -0.3 is 10.1 Å².